The third-order valence-electron chi connectivity index (χ3n) is 1.52. The number of aliphatic hydroxyl groups excluding tert-OH is 1. The van der Waals surface area contributed by atoms with Gasteiger partial charge in [-0.25, -0.2) is 0 Å². The summed E-state index contributed by atoms with van der Waals surface area (Å²) >= 11 is 2.09. The molecule has 0 saturated carbocycles. The maximum absolute atomic E-state index is 11.7. The first-order chi connectivity index (χ1) is 6.99. The van der Waals surface area contributed by atoms with Crippen LogP contribution in [0.15, 0.2) is 11.6 Å². The molecule has 0 aliphatic heterocycles. The van der Waals surface area contributed by atoms with Crippen molar-refractivity contribution in [2.75, 3.05) is 19.4 Å². The Kier molecular flexibility index (Phi) is 9.28. The van der Waals surface area contributed by atoms with Crippen molar-refractivity contribution in [1.82, 2.24) is 0 Å². The molecule has 9 heteroatoms. The van der Waals surface area contributed by atoms with Crippen molar-refractivity contribution >= 4 is 42.9 Å². The van der Waals surface area contributed by atoms with Crippen LogP contribution in [0.1, 0.15) is 6.42 Å². The minimum atomic E-state index is -5.16. The summed E-state index contributed by atoms with van der Waals surface area (Å²) in [7, 11) is -4.60. The molecule has 0 fully saturated rings. The number of rotatable bonds is 8. The van der Waals surface area contributed by atoms with E-state index in [1.165, 1.54) is 0 Å². The molecule has 0 aromatic heterocycles. The van der Waals surface area contributed by atoms with Crippen molar-refractivity contribution in [3.8, 4) is 0 Å². The predicted octanol–water partition coefficient (Wildman–Crippen LogP) is 2.30. The Bertz CT molecular complexity index is 203. The molecule has 15 heavy (non-hydrogen) atoms. The van der Waals surface area contributed by atoms with Crippen molar-refractivity contribution in [1.29, 1.82) is 0 Å². The Morgan fingerprint density at radius 2 is 2.20 bits per heavy atom. The van der Waals surface area contributed by atoms with Gasteiger partial charge in [0.2, 0.25) is 4.86 Å². The Morgan fingerprint density at radius 1 is 1.53 bits per heavy atom. The van der Waals surface area contributed by atoms with Crippen LogP contribution in [0.5, 0.6) is 0 Å². The molecule has 87 valence electrons. The lowest BCUT2D eigenvalue weighted by atomic mass is 10.2. The largest absolute Gasteiger partial charge is 0.637 e. The van der Waals surface area contributed by atoms with Gasteiger partial charge in [0.25, 0.3) is 0 Å². The predicted molar refractivity (Wildman–Crippen MR) is 67.8 cm³/mol. The van der Waals surface area contributed by atoms with E-state index in [1.54, 1.807) is 6.08 Å². The van der Waals surface area contributed by atoms with Gasteiger partial charge in [0.1, 0.15) is 0 Å². The molecule has 0 aliphatic rings. The third kappa shape index (κ3) is 11.0. The molecule has 0 aromatic carbocycles. The highest BCUT2D eigenvalue weighted by Gasteiger charge is 2.24. The molecule has 0 bridgehead atoms. The van der Waals surface area contributed by atoms with Crippen LogP contribution in [0.2, 0.25) is 0 Å². The number of hydrogen-bond donors (Lipinski definition) is 1. The van der Waals surface area contributed by atoms with Crippen LogP contribution in [0.25, 0.3) is 0 Å². The summed E-state index contributed by atoms with van der Waals surface area (Å²) in [6, 6.07) is 0. The highest BCUT2D eigenvalue weighted by Crippen LogP contribution is 2.19. The van der Waals surface area contributed by atoms with Crippen LogP contribution in [-0.2, 0) is 4.65 Å². The first-order valence-corrected chi connectivity index (χ1v) is 6.79. The topological polar surface area (TPSA) is 29.5 Å². The monoisotopic (exact) mass is 352 g/mol. The minimum absolute atomic E-state index is 0.141. The average Bonchev–Trinajstić information content (AvgIpc) is 2.12. The second-order valence-corrected chi connectivity index (χ2v) is 5.52. The van der Waals surface area contributed by atoms with Crippen molar-refractivity contribution in [3.05, 3.63) is 11.6 Å². The zero-order chi connectivity index (χ0) is 11.7. The third-order valence-corrected chi connectivity index (χ3v) is 3.65. The van der Waals surface area contributed by atoms with Crippen molar-refractivity contribution in [3.63, 3.8) is 0 Å². The van der Waals surface area contributed by atoms with E-state index in [4.69, 9.17) is 5.11 Å². The second-order valence-electron chi connectivity index (χ2n) is 2.67. The standard InChI is InChI=1S/C6H11B2F3IO2P/c9-8(10,11)14-4-2-6(1-3-13)5-15-7-12/h1,13,15H,2-5H2/q-1. The molecule has 1 atom stereocenters. The molecular weight excluding hydrogens is 341 g/mol. The van der Waals surface area contributed by atoms with E-state index in [9.17, 15) is 12.9 Å². The fraction of sp³-hybridized carbons (Fsp3) is 0.667. The van der Waals surface area contributed by atoms with E-state index < -0.39 is 7.18 Å². The molecule has 0 saturated heterocycles. The van der Waals surface area contributed by atoms with E-state index in [2.05, 4.69) is 27.0 Å². The highest BCUT2D eigenvalue weighted by atomic mass is 127. The normalized spacial score (nSPS) is 13.8. The number of aliphatic hydroxyl groups is 1. The van der Waals surface area contributed by atoms with E-state index in [-0.39, 0.29) is 19.6 Å². The Labute approximate surface area is 103 Å². The van der Waals surface area contributed by atoms with Gasteiger partial charge in [0.05, 0.1) is 6.61 Å². The molecule has 0 spiro atoms. The lowest BCUT2D eigenvalue weighted by molar-refractivity contribution is 0.178. The van der Waals surface area contributed by atoms with Gasteiger partial charge in [-0.05, 0) is 12.6 Å². The van der Waals surface area contributed by atoms with Gasteiger partial charge < -0.3 is 22.7 Å². The van der Waals surface area contributed by atoms with Crippen LogP contribution in [0, 0.1) is 0 Å². The van der Waals surface area contributed by atoms with Crippen molar-refractivity contribution < 1.29 is 22.7 Å². The summed E-state index contributed by atoms with van der Waals surface area (Å²) in [6.45, 7) is -0.501. The molecule has 0 aromatic rings. The molecule has 0 rings (SSSR count). The summed E-state index contributed by atoms with van der Waals surface area (Å²) in [5.74, 6) is 0. The smallest absolute Gasteiger partial charge is 0.508 e. The SMILES string of the molecule is OCC=C(CCO[B-](F)(F)F)CP[B]I. The highest BCUT2D eigenvalue weighted by molar-refractivity contribution is 14.1. The number of hydrogen-bond acceptors (Lipinski definition) is 2. The Morgan fingerprint density at radius 3 is 2.67 bits per heavy atom. The summed E-state index contributed by atoms with van der Waals surface area (Å²) in [6.07, 6.45) is 2.46. The van der Waals surface area contributed by atoms with Gasteiger partial charge in [-0.2, -0.15) is 22.4 Å². The summed E-state index contributed by atoms with van der Waals surface area (Å²) < 4.78 is 38.8. The molecule has 0 aliphatic carbocycles. The molecule has 0 amide bonds. The lowest BCUT2D eigenvalue weighted by Gasteiger charge is -2.16. The van der Waals surface area contributed by atoms with Crippen molar-refractivity contribution in [2.45, 2.75) is 6.42 Å². The van der Waals surface area contributed by atoms with Gasteiger partial charge in [-0.3, -0.25) is 0 Å². The Balaban J connectivity index is 3.81. The average molecular weight is 352 g/mol. The van der Waals surface area contributed by atoms with E-state index in [0.29, 0.717) is 14.6 Å². The zero-order valence-electron chi connectivity index (χ0n) is 7.93. The van der Waals surface area contributed by atoms with Crippen LogP contribution in [0.4, 0.5) is 12.9 Å². The van der Waals surface area contributed by atoms with E-state index >= 15 is 0 Å². The van der Waals surface area contributed by atoms with Crippen molar-refractivity contribution in [2.24, 2.45) is 0 Å². The molecule has 1 N–H and O–H groups in total. The quantitative estimate of drug-likeness (QED) is 0.315. The van der Waals surface area contributed by atoms with E-state index in [1.807, 2.05) is 4.86 Å². The molecule has 1 radical (unpaired) electrons. The first kappa shape index (κ1) is 15.7. The van der Waals surface area contributed by atoms with Crippen LogP contribution in [-0.4, -0.2) is 36.5 Å². The van der Waals surface area contributed by atoms with Gasteiger partial charge >= 0.3 is 7.18 Å². The number of halogens is 4. The first-order valence-electron chi connectivity index (χ1n) is 4.26. The second kappa shape index (κ2) is 8.84. The Hall–Kier alpha value is 0.740. The maximum Gasteiger partial charge on any atom is 0.637 e. The summed E-state index contributed by atoms with van der Waals surface area (Å²) in [4.78, 5) is 1.93. The molecule has 1 unspecified atom stereocenters. The summed E-state index contributed by atoms with van der Waals surface area (Å²) in [5, 5.41) is 8.65. The minimum Gasteiger partial charge on any atom is -0.508 e. The zero-order valence-corrected chi connectivity index (χ0v) is 11.1. The van der Waals surface area contributed by atoms with Gasteiger partial charge in [-0.15, -0.1) is 8.46 Å². The van der Waals surface area contributed by atoms with Crippen LogP contribution >= 0.6 is 30.8 Å². The molecule has 0 heterocycles. The fourth-order valence-electron chi connectivity index (χ4n) is 0.885. The fourth-order valence-corrected chi connectivity index (χ4v) is 2.21. The van der Waals surface area contributed by atoms with Gasteiger partial charge in [0, 0.05) is 6.61 Å². The molecular formula is C6H11B2F3IO2P-. The van der Waals surface area contributed by atoms with E-state index in [0.717, 1.165) is 5.57 Å². The maximum atomic E-state index is 11.7. The van der Waals surface area contributed by atoms with Crippen LogP contribution in [0.3, 0.4) is 0 Å². The molecule has 2 nitrogen and oxygen atoms in total. The van der Waals surface area contributed by atoms with Crippen LogP contribution < -0.4 is 0 Å². The van der Waals surface area contributed by atoms with Gasteiger partial charge in [-0.1, -0.05) is 11.6 Å². The van der Waals surface area contributed by atoms with Gasteiger partial charge in [0.15, 0.2) is 0 Å². The summed E-state index contributed by atoms with van der Waals surface area (Å²) in [5.41, 5.74) is 0.809. The lowest BCUT2D eigenvalue weighted by Crippen LogP contribution is -2.21.